The number of ether oxygens (including phenoxy) is 1. The smallest absolute Gasteiger partial charge is 0.223 e. The summed E-state index contributed by atoms with van der Waals surface area (Å²) in [6.07, 6.45) is 7.56. The summed E-state index contributed by atoms with van der Waals surface area (Å²) >= 11 is 0. The predicted octanol–water partition coefficient (Wildman–Crippen LogP) is 4.61. The van der Waals surface area contributed by atoms with Crippen LogP contribution in [0.4, 0.5) is 11.6 Å². The molecule has 2 aromatic rings. The summed E-state index contributed by atoms with van der Waals surface area (Å²) in [4.78, 5) is 28.9. The molecule has 0 unspecified atom stereocenters. The van der Waals surface area contributed by atoms with E-state index in [2.05, 4.69) is 27.4 Å². The summed E-state index contributed by atoms with van der Waals surface area (Å²) in [5, 5.41) is 6.42. The minimum Gasteiger partial charge on any atom is -0.379 e. The number of rotatable bonds is 9. The summed E-state index contributed by atoms with van der Waals surface area (Å²) < 4.78 is 5.38. The SMILES string of the molecule is CC(=N/C=C(\C)c1cccc(Nc2cc(C)ccn2)n1)C1CCC(C(=O)NCCN2CCOCC2)CC1. The Hall–Kier alpha value is -3.10. The van der Waals surface area contributed by atoms with E-state index < -0.39 is 0 Å². The first-order chi connectivity index (χ1) is 18.0. The molecule has 8 heteroatoms. The fourth-order valence-corrected chi connectivity index (χ4v) is 4.91. The number of carbonyl (C=O) groups excluding carboxylic acids is 1. The van der Waals surface area contributed by atoms with Gasteiger partial charge in [-0.1, -0.05) is 6.07 Å². The Balaban J connectivity index is 1.25. The molecule has 1 amide bonds. The minimum atomic E-state index is 0.119. The molecule has 37 heavy (non-hydrogen) atoms. The second-order valence-electron chi connectivity index (χ2n) is 10.1. The maximum Gasteiger partial charge on any atom is 0.223 e. The molecule has 2 fully saturated rings. The highest BCUT2D eigenvalue weighted by Gasteiger charge is 2.27. The van der Waals surface area contributed by atoms with Crippen molar-refractivity contribution in [3.63, 3.8) is 0 Å². The summed E-state index contributed by atoms with van der Waals surface area (Å²) in [6, 6.07) is 9.88. The topological polar surface area (TPSA) is 91.7 Å². The van der Waals surface area contributed by atoms with Crippen LogP contribution in [0.2, 0.25) is 0 Å². The molecule has 0 radical (unpaired) electrons. The third-order valence-corrected chi connectivity index (χ3v) is 7.31. The van der Waals surface area contributed by atoms with Gasteiger partial charge in [-0.25, -0.2) is 9.97 Å². The van der Waals surface area contributed by atoms with Crippen LogP contribution in [-0.4, -0.2) is 65.9 Å². The summed E-state index contributed by atoms with van der Waals surface area (Å²) in [5.41, 5.74) is 4.16. The average molecular weight is 505 g/mol. The van der Waals surface area contributed by atoms with Gasteiger partial charge in [0, 0.05) is 50.2 Å². The highest BCUT2D eigenvalue weighted by Crippen LogP contribution is 2.30. The number of allylic oxidation sites excluding steroid dienone is 1. The maximum absolute atomic E-state index is 12.6. The van der Waals surface area contributed by atoms with Crippen molar-refractivity contribution in [3.05, 3.63) is 54.0 Å². The third kappa shape index (κ3) is 8.20. The number of morpholine rings is 1. The number of nitrogens with zero attached hydrogens (tertiary/aromatic N) is 4. The van der Waals surface area contributed by atoms with E-state index in [1.165, 1.54) is 0 Å². The second kappa shape index (κ2) is 13.4. The van der Waals surface area contributed by atoms with Crippen LogP contribution in [0.1, 0.15) is 50.8 Å². The average Bonchev–Trinajstić information content (AvgIpc) is 2.92. The van der Waals surface area contributed by atoms with Gasteiger partial charge in [0.25, 0.3) is 0 Å². The number of pyridine rings is 2. The monoisotopic (exact) mass is 504 g/mol. The standard InChI is InChI=1S/C29H40N6O2/c1-21-11-12-30-28(19-21)34-27-6-4-5-26(33-27)22(2)20-32-23(3)24-7-9-25(10-8-24)29(36)31-13-14-35-15-17-37-18-16-35/h4-6,11-12,19-20,24-25H,7-10,13-18H2,1-3H3,(H,31,36)(H,30,33,34)/b22-20+,32-23?. The van der Waals surface area contributed by atoms with Gasteiger partial charge in [0.15, 0.2) is 0 Å². The van der Waals surface area contributed by atoms with Crippen molar-refractivity contribution in [1.29, 1.82) is 0 Å². The highest BCUT2D eigenvalue weighted by atomic mass is 16.5. The molecule has 1 saturated heterocycles. The van der Waals surface area contributed by atoms with Crippen molar-refractivity contribution < 1.29 is 9.53 Å². The van der Waals surface area contributed by atoms with Crippen molar-refractivity contribution in [3.8, 4) is 0 Å². The van der Waals surface area contributed by atoms with Crippen LogP contribution in [0.3, 0.4) is 0 Å². The van der Waals surface area contributed by atoms with E-state index in [0.717, 1.165) is 99.3 Å². The fourth-order valence-electron chi connectivity index (χ4n) is 4.91. The first kappa shape index (κ1) is 26.9. The number of hydrogen-bond donors (Lipinski definition) is 2. The molecule has 198 valence electrons. The van der Waals surface area contributed by atoms with Gasteiger partial charge in [-0.05, 0) is 87.8 Å². The Morgan fingerprint density at radius 3 is 2.62 bits per heavy atom. The summed E-state index contributed by atoms with van der Waals surface area (Å²) in [7, 11) is 0. The maximum atomic E-state index is 12.6. The fraction of sp³-hybridized carbons (Fsp3) is 0.517. The van der Waals surface area contributed by atoms with Gasteiger partial charge in [0.05, 0.1) is 18.9 Å². The molecule has 2 aliphatic rings. The molecule has 2 aromatic heterocycles. The number of anilines is 2. The zero-order valence-electron chi connectivity index (χ0n) is 22.4. The van der Waals surface area contributed by atoms with E-state index in [4.69, 9.17) is 14.7 Å². The van der Waals surface area contributed by atoms with Gasteiger partial charge in [-0.2, -0.15) is 0 Å². The molecule has 1 aliphatic heterocycles. The van der Waals surface area contributed by atoms with E-state index in [1.807, 2.05) is 50.4 Å². The Kier molecular flexibility index (Phi) is 9.79. The molecular formula is C29H40N6O2. The quantitative estimate of drug-likeness (QED) is 0.485. The number of carbonyl (C=O) groups is 1. The lowest BCUT2D eigenvalue weighted by molar-refractivity contribution is -0.126. The zero-order valence-corrected chi connectivity index (χ0v) is 22.4. The summed E-state index contributed by atoms with van der Waals surface area (Å²) in [6.45, 7) is 11.3. The Bertz CT molecular complexity index is 1100. The Morgan fingerprint density at radius 1 is 1.11 bits per heavy atom. The number of aryl methyl sites for hydroxylation is 1. The molecule has 3 heterocycles. The minimum absolute atomic E-state index is 0.119. The normalized spacial score (nSPS) is 21.5. The molecular weight excluding hydrogens is 464 g/mol. The van der Waals surface area contributed by atoms with E-state index in [0.29, 0.717) is 5.92 Å². The molecule has 1 aliphatic carbocycles. The number of aromatic nitrogens is 2. The van der Waals surface area contributed by atoms with Crippen LogP contribution in [0, 0.1) is 18.8 Å². The van der Waals surface area contributed by atoms with Crippen LogP contribution in [0.15, 0.2) is 47.7 Å². The van der Waals surface area contributed by atoms with Crippen molar-refractivity contribution in [2.24, 2.45) is 16.8 Å². The number of hydrogen-bond acceptors (Lipinski definition) is 7. The molecule has 0 spiro atoms. The largest absolute Gasteiger partial charge is 0.379 e. The first-order valence-electron chi connectivity index (χ1n) is 13.4. The first-order valence-corrected chi connectivity index (χ1v) is 13.4. The molecule has 1 saturated carbocycles. The molecule has 4 rings (SSSR count). The molecule has 0 aromatic carbocycles. The van der Waals surface area contributed by atoms with E-state index in [9.17, 15) is 4.79 Å². The van der Waals surface area contributed by atoms with Crippen LogP contribution in [-0.2, 0) is 9.53 Å². The predicted molar refractivity (Wildman–Crippen MR) is 149 cm³/mol. The van der Waals surface area contributed by atoms with Crippen molar-refractivity contribution in [1.82, 2.24) is 20.2 Å². The third-order valence-electron chi connectivity index (χ3n) is 7.31. The number of nitrogens with one attached hydrogen (secondary N) is 2. The van der Waals surface area contributed by atoms with E-state index >= 15 is 0 Å². The molecule has 0 atom stereocenters. The van der Waals surface area contributed by atoms with Gasteiger partial charge in [0.2, 0.25) is 5.91 Å². The van der Waals surface area contributed by atoms with Gasteiger partial charge < -0.3 is 15.4 Å². The molecule has 0 bridgehead atoms. The van der Waals surface area contributed by atoms with Gasteiger partial charge in [-0.15, -0.1) is 0 Å². The van der Waals surface area contributed by atoms with Crippen LogP contribution < -0.4 is 10.6 Å². The van der Waals surface area contributed by atoms with Crippen molar-refractivity contribution >= 4 is 28.8 Å². The van der Waals surface area contributed by atoms with E-state index in [1.54, 1.807) is 6.20 Å². The van der Waals surface area contributed by atoms with E-state index in [-0.39, 0.29) is 11.8 Å². The Morgan fingerprint density at radius 2 is 1.86 bits per heavy atom. The van der Waals surface area contributed by atoms with Crippen LogP contribution in [0.5, 0.6) is 0 Å². The van der Waals surface area contributed by atoms with Gasteiger partial charge in [0.1, 0.15) is 11.6 Å². The lowest BCUT2D eigenvalue weighted by Crippen LogP contribution is -2.42. The van der Waals surface area contributed by atoms with Crippen LogP contribution in [0.25, 0.3) is 5.57 Å². The number of amides is 1. The van der Waals surface area contributed by atoms with Crippen LogP contribution >= 0.6 is 0 Å². The number of aliphatic imine (C=N–C) groups is 1. The second-order valence-corrected chi connectivity index (χ2v) is 10.1. The lowest BCUT2D eigenvalue weighted by Gasteiger charge is -2.29. The molecule has 8 nitrogen and oxygen atoms in total. The highest BCUT2D eigenvalue weighted by molar-refractivity contribution is 5.86. The summed E-state index contributed by atoms with van der Waals surface area (Å²) in [5.74, 6) is 2.28. The van der Waals surface area contributed by atoms with Gasteiger partial charge in [-0.3, -0.25) is 14.7 Å². The van der Waals surface area contributed by atoms with Gasteiger partial charge >= 0.3 is 0 Å². The van der Waals surface area contributed by atoms with Crippen molar-refractivity contribution in [2.45, 2.75) is 46.5 Å². The molecule has 2 N–H and O–H groups in total. The van der Waals surface area contributed by atoms with Crippen molar-refractivity contribution in [2.75, 3.05) is 44.7 Å². The lowest BCUT2D eigenvalue weighted by atomic mass is 9.79. The Labute approximate surface area is 220 Å². The zero-order chi connectivity index (χ0) is 26.0.